The molecular weight excluding hydrogens is 303 g/mol. The van der Waals surface area contributed by atoms with Gasteiger partial charge in [-0.3, -0.25) is 4.79 Å². The molecule has 1 aliphatic rings. The lowest BCUT2D eigenvalue weighted by Gasteiger charge is -2.30. The van der Waals surface area contributed by atoms with Gasteiger partial charge in [-0.15, -0.1) is 0 Å². The van der Waals surface area contributed by atoms with E-state index in [0.29, 0.717) is 5.56 Å². The number of benzene rings is 2. The molecule has 0 unspecified atom stereocenters. The van der Waals surface area contributed by atoms with E-state index in [0.717, 1.165) is 24.5 Å². The van der Waals surface area contributed by atoms with Crippen LogP contribution in [0.1, 0.15) is 24.8 Å². The van der Waals surface area contributed by atoms with Crippen LogP contribution in [0.3, 0.4) is 0 Å². The fourth-order valence-electron chi connectivity index (χ4n) is 2.95. The van der Waals surface area contributed by atoms with E-state index in [9.17, 15) is 9.18 Å². The van der Waals surface area contributed by atoms with Gasteiger partial charge in [-0.1, -0.05) is 24.3 Å². The number of nitrogens with one attached hydrogen (secondary N) is 1. The molecule has 124 valence electrons. The first-order chi connectivity index (χ1) is 11.7. The predicted octanol–water partition coefficient (Wildman–Crippen LogP) is 4.47. The van der Waals surface area contributed by atoms with E-state index in [1.807, 2.05) is 24.3 Å². The first-order valence-corrected chi connectivity index (χ1v) is 8.31. The van der Waals surface area contributed by atoms with Gasteiger partial charge >= 0.3 is 0 Å². The molecule has 0 atom stereocenters. The second kappa shape index (κ2) is 7.77. The average molecular weight is 324 g/mol. The van der Waals surface area contributed by atoms with E-state index in [2.05, 4.69) is 10.2 Å². The van der Waals surface area contributed by atoms with Crippen LogP contribution >= 0.6 is 0 Å². The van der Waals surface area contributed by atoms with Gasteiger partial charge in [-0.05, 0) is 55.2 Å². The number of carbonyl (C=O) groups is 1. The van der Waals surface area contributed by atoms with Crippen LogP contribution in [-0.2, 0) is 4.79 Å². The highest BCUT2D eigenvalue weighted by Gasteiger charge is 2.14. The number of hydrogen-bond acceptors (Lipinski definition) is 2. The Hall–Kier alpha value is -2.62. The normalized spacial score (nSPS) is 14.8. The molecule has 0 saturated carbocycles. The van der Waals surface area contributed by atoms with Crippen LogP contribution in [0, 0.1) is 5.82 Å². The molecule has 1 saturated heterocycles. The van der Waals surface area contributed by atoms with Crippen molar-refractivity contribution in [2.24, 2.45) is 0 Å². The molecule has 0 aliphatic carbocycles. The molecule has 1 heterocycles. The minimum absolute atomic E-state index is 0.219. The summed E-state index contributed by atoms with van der Waals surface area (Å²) in [5, 5.41) is 2.93. The monoisotopic (exact) mass is 324 g/mol. The summed E-state index contributed by atoms with van der Waals surface area (Å²) in [5.74, 6) is -0.531. The summed E-state index contributed by atoms with van der Waals surface area (Å²) in [5.41, 5.74) is 2.53. The van der Waals surface area contributed by atoms with Gasteiger partial charge in [0.25, 0.3) is 0 Å². The van der Waals surface area contributed by atoms with Crippen molar-refractivity contribution in [3.63, 3.8) is 0 Å². The summed E-state index contributed by atoms with van der Waals surface area (Å²) in [6.45, 7) is 2.04. The quantitative estimate of drug-likeness (QED) is 0.842. The third-order valence-corrected chi connectivity index (χ3v) is 4.13. The summed E-state index contributed by atoms with van der Waals surface area (Å²) in [7, 11) is 0. The van der Waals surface area contributed by atoms with Crippen LogP contribution in [0.25, 0.3) is 6.08 Å². The first kappa shape index (κ1) is 16.2. The highest BCUT2D eigenvalue weighted by molar-refractivity contribution is 6.03. The maximum atomic E-state index is 13.2. The number of para-hydroxylation sites is 2. The Balaban J connectivity index is 1.70. The van der Waals surface area contributed by atoms with E-state index >= 15 is 0 Å². The highest BCUT2D eigenvalue weighted by atomic mass is 19.1. The van der Waals surface area contributed by atoms with Crippen LogP contribution in [-0.4, -0.2) is 19.0 Å². The number of amides is 1. The Labute approximate surface area is 141 Å². The zero-order valence-corrected chi connectivity index (χ0v) is 13.5. The minimum Gasteiger partial charge on any atom is -0.370 e. The van der Waals surface area contributed by atoms with Gasteiger partial charge in [-0.2, -0.15) is 0 Å². The summed E-state index contributed by atoms with van der Waals surface area (Å²) in [6, 6.07) is 14.0. The molecule has 2 aromatic rings. The molecule has 0 radical (unpaired) electrons. The Bertz CT molecular complexity index is 736. The molecular formula is C20H21FN2O. The molecule has 0 aromatic heterocycles. The SMILES string of the molecule is O=C(C=Cc1cccc(F)c1)Nc1ccccc1N1CCCCC1. The zero-order valence-electron chi connectivity index (χ0n) is 13.5. The number of carbonyl (C=O) groups excluding carboxylic acids is 1. The Morgan fingerprint density at radius 1 is 1.04 bits per heavy atom. The largest absolute Gasteiger partial charge is 0.370 e. The lowest BCUT2D eigenvalue weighted by molar-refractivity contribution is -0.111. The Morgan fingerprint density at radius 2 is 1.83 bits per heavy atom. The third kappa shape index (κ3) is 4.22. The Morgan fingerprint density at radius 3 is 2.62 bits per heavy atom. The van der Waals surface area contributed by atoms with Crippen LogP contribution in [0.2, 0.25) is 0 Å². The van der Waals surface area contributed by atoms with Gasteiger partial charge in [0.1, 0.15) is 5.82 Å². The van der Waals surface area contributed by atoms with Crippen LogP contribution in [0.5, 0.6) is 0 Å². The maximum Gasteiger partial charge on any atom is 0.248 e. The van der Waals surface area contributed by atoms with Crippen molar-refractivity contribution in [2.75, 3.05) is 23.3 Å². The number of piperidine rings is 1. The molecule has 4 heteroatoms. The summed E-state index contributed by atoms with van der Waals surface area (Å²) in [4.78, 5) is 14.5. The van der Waals surface area contributed by atoms with Crippen molar-refractivity contribution in [1.82, 2.24) is 0 Å². The number of rotatable bonds is 4. The molecule has 0 spiro atoms. The van der Waals surface area contributed by atoms with E-state index in [-0.39, 0.29) is 11.7 Å². The molecule has 3 rings (SSSR count). The number of anilines is 2. The summed E-state index contributed by atoms with van der Waals surface area (Å²) in [6.07, 6.45) is 6.68. The molecule has 1 N–H and O–H groups in total. The van der Waals surface area contributed by atoms with Gasteiger partial charge in [0, 0.05) is 19.2 Å². The van der Waals surface area contributed by atoms with Crippen molar-refractivity contribution in [1.29, 1.82) is 0 Å². The van der Waals surface area contributed by atoms with Crippen molar-refractivity contribution in [3.05, 3.63) is 66.0 Å². The molecule has 2 aromatic carbocycles. The van der Waals surface area contributed by atoms with Crippen molar-refractivity contribution >= 4 is 23.4 Å². The van der Waals surface area contributed by atoms with Crippen molar-refractivity contribution < 1.29 is 9.18 Å². The number of hydrogen-bond donors (Lipinski definition) is 1. The highest BCUT2D eigenvalue weighted by Crippen LogP contribution is 2.28. The van der Waals surface area contributed by atoms with E-state index in [1.165, 1.54) is 37.5 Å². The fourth-order valence-corrected chi connectivity index (χ4v) is 2.95. The summed E-state index contributed by atoms with van der Waals surface area (Å²) >= 11 is 0. The molecule has 24 heavy (non-hydrogen) atoms. The van der Waals surface area contributed by atoms with Gasteiger partial charge in [-0.25, -0.2) is 4.39 Å². The fraction of sp³-hybridized carbons (Fsp3) is 0.250. The van der Waals surface area contributed by atoms with E-state index in [4.69, 9.17) is 0 Å². The van der Waals surface area contributed by atoms with Crippen LogP contribution < -0.4 is 10.2 Å². The minimum atomic E-state index is -0.312. The predicted molar refractivity (Wildman–Crippen MR) is 96.6 cm³/mol. The first-order valence-electron chi connectivity index (χ1n) is 8.31. The lowest BCUT2D eigenvalue weighted by Crippen LogP contribution is -2.30. The average Bonchev–Trinajstić information content (AvgIpc) is 2.61. The van der Waals surface area contributed by atoms with Crippen LogP contribution in [0.4, 0.5) is 15.8 Å². The van der Waals surface area contributed by atoms with E-state index in [1.54, 1.807) is 18.2 Å². The lowest BCUT2D eigenvalue weighted by atomic mass is 10.1. The van der Waals surface area contributed by atoms with E-state index < -0.39 is 0 Å². The number of halogens is 1. The molecule has 1 fully saturated rings. The third-order valence-electron chi connectivity index (χ3n) is 4.13. The van der Waals surface area contributed by atoms with Gasteiger partial charge in [0.05, 0.1) is 11.4 Å². The molecule has 1 amide bonds. The second-order valence-electron chi connectivity index (χ2n) is 5.94. The summed E-state index contributed by atoms with van der Waals surface area (Å²) < 4.78 is 13.2. The van der Waals surface area contributed by atoms with Gasteiger partial charge < -0.3 is 10.2 Å². The van der Waals surface area contributed by atoms with Gasteiger partial charge in [0.2, 0.25) is 5.91 Å². The van der Waals surface area contributed by atoms with Crippen molar-refractivity contribution in [2.45, 2.75) is 19.3 Å². The zero-order chi connectivity index (χ0) is 16.8. The molecule has 1 aliphatic heterocycles. The van der Waals surface area contributed by atoms with Crippen molar-refractivity contribution in [3.8, 4) is 0 Å². The molecule has 3 nitrogen and oxygen atoms in total. The number of nitrogens with zero attached hydrogens (tertiary/aromatic N) is 1. The topological polar surface area (TPSA) is 32.3 Å². The van der Waals surface area contributed by atoms with Crippen LogP contribution in [0.15, 0.2) is 54.6 Å². The molecule has 0 bridgehead atoms. The smallest absolute Gasteiger partial charge is 0.248 e. The Kier molecular flexibility index (Phi) is 5.26. The second-order valence-corrected chi connectivity index (χ2v) is 5.94. The maximum absolute atomic E-state index is 13.2. The van der Waals surface area contributed by atoms with Gasteiger partial charge in [0.15, 0.2) is 0 Å². The standard InChI is InChI=1S/C20H21FN2O/c21-17-8-6-7-16(15-17)11-12-20(24)22-18-9-2-3-10-19(18)23-13-4-1-5-14-23/h2-3,6-12,15H,1,4-5,13-14H2,(H,22,24).